The zero-order chi connectivity index (χ0) is 17.9. The van der Waals surface area contributed by atoms with Crippen LogP contribution in [0.15, 0.2) is 24.3 Å². The number of hydrogen-bond acceptors (Lipinski definition) is 6. The zero-order valence-corrected chi connectivity index (χ0v) is 15.1. The smallest absolute Gasteiger partial charge is 0.306 e. The van der Waals surface area contributed by atoms with Crippen LogP contribution in [0.3, 0.4) is 0 Å². The van der Waals surface area contributed by atoms with E-state index >= 15 is 0 Å². The number of hydrogen-bond donors (Lipinski definition) is 2. The lowest BCUT2D eigenvalue weighted by Gasteiger charge is -2.15. The summed E-state index contributed by atoms with van der Waals surface area (Å²) in [7, 11) is 0. The highest BCUT2D eigenvalue weighted by atomic mass is 32.1. The molecule has 0 heterocycles. The summed E-state index contributed by atoms with van der Waals surface area (Å²) in [5, 5.41) is 9.64. The normalized spacial score (nSPS) is 10.3. The number of thiol groups is 1. The van der Waals surface area contributed by atoms with Crippen LogP contribution >= 0.6 is 12.6 Å². The van der Waals surface area contributed by atoms with Crippen LogP contribution in [0.25, 0.3) is 0 Å². The molecule has 0 saturated carbocycles. The fourth-order valence-electron chi connectivity index (χ4n) is 1.53. The molecule has 23 heavy (non-hydrogen) atoms. The lowest BCUT2D eigenvalue weighted by molar-refractivity contribution is -0.143. The van der Waals surface area contributed by atoms with Gasteiger partial charge in [-0.05, 0) is 38.1 Å². The van der Waals surface area contributed by atoms with Crippen molar-refractivity contribution in [1.29, 1.82) is 0 Å². The molecule has 0 radical (unpaired) electrons. The lowest BCUT2D eigenvalue weighted by atomic mass is 9.97. The van der Waals surface area contributed by atoms with Gasteiger partial charge in [-0.25, -0.2) is 0 Å². The van der Waals surface area contributed by atoms with Crippen molar-refractivity contribution >= 4 is 24.4 Å². The quantitative estimate of drug-likeness (QED) is 0.329. The first-order valence-corrected chi connectivity index (χ1v) is 8.24. The van der Waals surface area contributed by atoms with Gasteiger partial charge in [0.15, 0.2) is 5.78 Å². The molecule has 1 N–H and O–H groups in total. The van der Waals surface area contributed by atoms with E-state index in [4.69, 9.17) is 9.47 Å². The third kappa shape index (κ3) is 8.62. The Morgan fingerprint density at radius 3 is 2.17 bits per heavy atom. The van der Waals surface area contributed by atoms with Crippen LogP contribution in [0.5, 0.6) is 5.75 Å². The number of esters is 1. The third-order valence-corrected chi connectivity index (χ3v) is 2.83. The molecule has 0 saturated heterocycles. The van der Waals surface area contributed by atoms with Crippen LogP contribution in [0.4, 0.5) is 0 Å². The predicted molar refractivity (Wildman–Crippen MR) is 93.3 cm³/mol. The summed E-state index contributed by atoms with van der Waals surface area (Å²) in [4.78, 5) is 22.9. The van der Waals surface area contributed by atoms with Gasteiger partial charge in [0.1, 0.15) is 24.6 Å². The third-order valence-electron chi connectivity index (χ3n) is 2.60. The monoisotopic (exact) mass is 342 g/mol. The number of benzene rings is 1. The fourth-order valence-corrected chi connectivity index (χ4v) is 1.72. The Morgan fingerprint density at radius 1 is 1.13 bits per heavy atom. The lowest BCUT2D eigenvalue weighted by Crippen LogP contribution is -2.30. The largest absolute Gasteiger partial charge is 0.490 e. The molecule has 0 spiro atoms. The molecule has 0 aliphatic heterocycles. The minimum absolute atomic E-state index is 0.164. The Bertz CT molecular complexity index is 477. The van der Waals surface area contributed by atoms with E-state index in [1.54, 1.807) is 24.3 Å². The molecule has 1 aromatic rings. The molecule has 0 unspecified atom stereocenters. The summed E-state index contributed by atoms with van der Waals surface area (Å²) < 4.78 is 10.3. The Balaban J connectivity index is 0.00000232. The Hall–Kier alpha value is -1.53. The van der Waals surface area contributed by atoms with E-state index in [1.807, 2.05) is 13.8 Å². The molecule has 0 aliphatic carbocycles. The average molecular weight is 342 g/mol. The average Bonchev–Trinajstić information content (AvgIpc) is 2.53. The molecular formula is C17H26O5S. The van der Waals surface area contributed by atoms with E-state index in [9.17, 15) is 14.7 Å². The number of ether oxygens (including phenoxy) is 2. The highest BCUT2D eigenvalue weighted by Crippen LogP contribution is 2.17. The summed E-state index contributed by atoms with van der Waals surface area (Å²) >= 11 is 3.93. The first-order valence-electron chi connectivity index (χ1n) is 7.61. The summed E-state index contributed by atoms with van der Waals surface area (Å²) in [6.07, 6.45) is 0.275. The van der Waals surface area contributed by atoms with Gasteiger partial charge in [-0.15, -0.1) is 0 Å². The maximum absolute atomic E-state index is 11.8. The molecule has 5 nitrogen and oxygen atoms in total. The van der Waals surface area contributed by atoms with Crippen molar-refractivity contribution in [3.8, 4) is 5.75 Å². The summed E-state index contributed by atoms with van der Waals surface area (Å²) in [5.41, 5.74) is -0.987. The topological polar surface area (TPSA) is 72.8 Å². The SMILES string of the molecule is CC.CC(C)(O)C(=O)c1ccc(OCCOC(=O)CCS)cc1. The van der Waals surface area contributed by atoms with Crippen molar-refractivity contribution < 1.29 is 24.2 Å². The fraction of sp³-hybridized carbons (Fsp3) is 0.529. The van der Waals surface area contributed by atoms with Crippen LogP contribution in [-0.4, -0.2) is 41.4 Å². The number of carbonyl (C=O) groups is 2. The van der Waals surface area contributed by atoms with E-state index in [0.717, 1.165) is 0 Å². The number of rotatable bonds is 8. The van der Waals surface area contributed by atoms with E-state index in [1.165, 1.54) is 13.8 Å². The Labute approximate surface area is 143 Å². The molecule has 1 rings (SSSR count). The van der Waals surface area contributed by atoms with Crippen LogP contribution in [0.2, 0.25) is 0 Å². The van der Waals surface area contributed by atoms with E-state index in [-0.39, 0.29) is 31.4 Å². The Morgan fingerprint density at radius 2 is 1.70 bits per heavy atom. The molecule has 130 valence electrons. The first kappa shape index (κ1) is 21.5. The predicted octanol–water partition coefficient (Wildman–Crippen LogP) is 2.91. The number of ketones is 1. The van der Waals surface area contributed by atoms with Gasteiger partial charge in [0.2, 0.25) is 0 Å². The van der Waals surface area contributed by atoms with E-state index < -0.39 is 5.60 Å². The van der Waals surface area contributed by atoms with Crippen LogP contribution in [-0.2, 0) is 9.53 Å². The van der Waals surface area contributed by atoms with Gasteiger partial charge in [0.05, 0.1) is 6.42 Å². The van der Waals surface area contributed by atoms with Crippen molar-refractivity contribution in [1.82, 2.24) is 0 Å². The van der Waals surface area contributed by atoms with E-state index in [2.05, 4.69) is 12.6 Å². The summed E-state index contributed by atoms with van der Waals surface area (Å²) in [6.45, 7) is 7.28. The second kappa shape index (κ2) is 11.1. The second-order valence-electron chi connectivity index (χ2n) is 4.96. The molecular weight excluding hydrogens is 316 g/mol. The van der Waals surface area contributed by atoms with Crippen LogP contribution in [0.1, 0.15) is 44.5 Å². The highest BCUT2D eigenvalue weighted by molar-refractivity contribution is 7.80. The molecule has 0 fully saturated rings. The van der Waals surface area contributed by atoms with Crippen LogP contribution < -0.4 is 4.74 Å². The molecule has 6 heteroatoms. The van der Waals surface area contributed by atoms with E-state index in [0.29, 0.717) is 17.1 Å². The standard InChI is InChI=1S/C15H20O5S.C2H6/c1-15(2,18)14(17)11-3-5-12(6-4-11)19-8-9-20-13(16)7-10-21;1-2/h3-6,18,21H,7-10H2,1-2H3;1-2H3. The Kier molecular flexibility index (Phi) is 10.3. The molecule has 0 aromatic heterocycles. The first-order chi connectivity index (χ1) is 10.8. The van der Waals surface area contributed by atoms with Gasteiger partial charge >= 0.3 is 5.97 Å². The number of Topliss-reactive ketones (excluding diaryl/α,β-unsaturated/α-hetero) is 1. The van der Waals surface area contributed by atoms with Gasteiger partial charge in [0.25, 0.3) is 0 Å². The molecule has 0 atom stereocenters. The second-order valence-corrected chi connectivity index (χ2v) is 5.40. The molecule has 0 bridgehead atoms. The molecule has 0 aliphatic rings. The maximum Gasteiger partial charge on any atom is 0.306 e. The van der Waals surface area contributed by atoms with Gasteiger partial charge in [0, 0.05) is 11.3 Å². The van der Waals surface area contributed by atoms with Crippen molar-refractivity contribution in [2.75, 3.05) is 19.0 Å². The highest BCUT2D eigenvalue weighted by Gasteiger charge is 2.24. The van der Waals surface area contributed by atoms with Crippen molar-refractivity contribution in [2.45, 2.75) is 39.7 Å². The van der Waals surface area contributed by atoms with Crippen LogP contribution in [0, 0.1) is 0 Å². The summed E-state index contributed by atoms with van der Waals surface area (Å²) in [5.74, 6) is 0.359. The molecule has 1 aromatic carbocycles. The van der Waals surface area contributed by atoms with Crippen molar-refractivity contribution in [3.05, 3.63) is 29.8 Å². The minimum Gasteiger partial charge on any atom is -0.490 e. The summed E-state index contributed by atoms with van der Waals surface area (Å²) in [6, 6.07) is 6.44. The number of aliphatic hydroxyl groups is 1. The number of carbonyl (C=O) groups excluding carboxylic acids is 2. The molecule has 0 amide bonds. The van der Waals surface area contributed by atoms with Gasteiger partial charge in [-0.2, -0.15) is 12.6 Å². The maximum atomic E-state index is 11.8. The van der Waals surface area contributed by atoms with Gasteiger partial charge in [-0.3, -0.25) is 9.59 Å². The van der Waals surface area contributed by atoms with Crippen molar-refractivity contribution in [3.63, 3.8) is 0 Å². The van der Waals surface area contributed by atoms with Crippen molar-refractivity contribution in [2.24, 2.45) is 0 Å². The minimum atomic E-state index is -1.40. The van der Waals surface area contributed by atoms with Gasteiger partial charge < -0.3 is 14.6 Å². The zero-order valence-electron chi connectivity index (χ0n) is 14.2. The van der Waals surface area contributed by atoms with Gasteiger partial charge in [-0.1, -0.05) is 13.8 Å².